The minimum absolute atomic E-state index is 0.425. The summed E-state index contributed by atoms with van der Waals surface area (Å²) < 4.78 is 0. The Labute approximate surface area is 77.9 Å². The standard InChI is InChI=1S/C11H25N/c1-7-12-9-11(5,6)8-10(2,3)4/h12H,7-9H2,1-6H3. The van der Waals surface area contributed by atoms with E-state index in [1.165, 1.54) is 6.42 Å². The zero-order chi connectivity index (χ0) is 9.83. The lowest BCUT2D eigenvalue weighted by molar-refractivity contribution is 0.207. The topological polar surface area (TPSA) is 12.0 Å². The average Bonchev–Trinajstić information content (AvgIpc) is 1.78. The first-order valence-corrected chi connectivity index (χ1v) is 4.97. The maximum Gasteiger partial charge on any atom is 0.000260 e. The second-order valence-electron chi connectivity index (χ2n) is 5.68. The fourth-order valence-electron chi connectivity index (χ4n) is 1.96. The molecule has 0 fully saturated rings. The van der Waals surface area contributed by atoms with E-state index < -0.39 is 0 Å². The fourth-order valence-corrected chi connectivity index (χ4v) is 1.96. The molecule has 0 bridgehead atoms. The van der Waals surface area contributed by atoms with Crippen molar-refractivity contribution >= 4 is 0 Å². The van der Waals surface area contributed by atoms with Crippen molar-refractivity contribution in [2.75, 3.05) is 13.1 Å². The van der Waals surface area contributed by atoms with Crippen LogP contribution in [0.25, 0.3) is 0 Å². The molecule has 74 valence electrons. The minimum Gasteiger partial charge on any atom is -0.316 e. The molecule has 0 atom stereocenters. The third kappa shape index (κ3) is 6.66. The van der Waals surface area contributed by atoms with E-state index >= 15 is 0 Å². The largest absolute Gasteiger partial charge is 0.316 e. The summed E-state index contributed by atoms with van der Waals surface area (Å²) in [6.45, 7) is 15.9. The molecule has 0 unspecified atom stereocenters. The molecule has 1 heteroatoms. The molecule has 0 rings (SSSR count). The highest BCUT2D eigenvalue weighted by atomic mass is 14.9. The van der Waals surface area contributed by atoms with Gasteiger partial charge in [-0.1, -0.05) is 41.5 Å². The van der Waals surface area contributed by atoms with E-state index in [4.69, 9.17) is 0 Å². The first-order valence-electron chi connectivity index (χ1n) is 4.97. The zero-order valence-electron chi connectivity index (χ0n) is 9.62. The molecule has 0 saturated carbocycles. The second kappa shape index (κ2) is 4.27. The second-order valence-corrected chi connectivity index (χ2v) is 5.68. The number of hydrogen-bond donors (Lipinski definition) is 1. The molecule has 0 heterocycles. The third-order valence-corrected chi connectivity index (χ3v) is 1.86. The first-order chi connectivity index (χ1) is 5.27. The van der Waals surface area contributed by atoms with Crippen LogP contribution in [0, 0.1) is 10.8 Å². The van der Waals surface area contributed by atoms with E-state index in [0.29, 0.717) is 10.8 Å². The Hall–Kier alpha value is -0.0400. The van der Waals surface area contributed by atoms with Crippen molar-refractivity contribution < 1.29 is 0 Å². The Balaban J connectivity index is 3.86. The smallest absolute Gasteiger partial charge is 0.000260 e. The van der Waals surface area contributed by atoms with Gasteiger partial charge in [-0.2, -0.15) is 0 Å². The van der Waals surface area contributed by atoms with Gasteiger partial charge in [0.05, 0.1) is 0 Å². The maximum atomic E-state index is 3.41. The summed E-state index contributed by atoms with van der Waals surface area (Å²) in [6.07, 6.45) is 1.27. The Kier molecular flexibility index (Phi) is 4.25. The molecule has 0 spiro atoms. The van der Waals surface area contributed by atoms with Crippen molar-refractivity contribution in [1.82, 2.24) is 5.32 Å². The van der Waals surface area contributed by atoms with Gasteiger partial charge in [0.2, 0.25) is 0 Å². The molecule has 0 aromatic carbocycles. The van der Waals surface area contributed by atoms with Gasteiger partial charge in [-0.3, -0.25) is 0 Å². The van der Waals surface area contributed by atoms with E-state index in [1.54, 1.807) is 0 Å². The van der Waals surface area contributed by atoms with Crippen molar-refractivity contribution in [2.45, 2.75) is 48.0 Å². The quantitative estimate of drug-likeness (QED) is 0.685. The van der Waals surface area contributed by atoms with Gasteiger partial charge in [0, 0.05) is 6.54 Å². The van der Waals surface area contributed by atoms with Crippen molar-refractivity contribution in [1.29, 1.82) is 0 Å². The summed E-state index contributed by atoms with van der Waals surface area (Å²) >= 11 is 0. The number of rotatable bonds is 4. The van der Waals surface area contributed by atoms with Crippen LogP contribution in [-0.4, -0.2) is 13.1 Å². The summed E-state index contributed by atoms with van der Waals surface area (Å²) in [4.78, 5) is 0. The normalized spacial score (nSPS) is 13.5. The van der Waals surface area contributed by atoms with Crippen LogP contribution in [0.2, 0.25) is 0 Å². The van der Waals surface area contributed by atoms with E-state index in [-0.39, 0.29) is 0 Å². The molecular formula is C11H25N. The molecular weight excluding hydrogens is 146 g/mol. The van der Waals surface area contributed by atoms with Crippen molar-refractivity contribution in [3.05, 3.63) is 0 Å². The Morgan fingerprint density at radius 1 is 1.00 bits per heavy atom. The lowest BCUT2D eigenvalue weighted by Crippen LogP contribution is -2.32. The van der Waals surface area contributed by atoms with Gasteiger partial charge in [0.1, 0.15) is 0 Å². The fraction of sp³-hybridized carbons (Fsp3) is 1.00. The molecule has 0 aromatic rings. The summed E-state index contributed by atoms with van der Waals surface area (Å²) in [6, 6.07) is 0. The summed E-state index contributed by atoms with van der Waals surface area (Å²) in [5.41, 5.74) is 0.868. The predicted molar refractivity (Wildman–Crippen MR) is 56.4 cm³/mol. The first kappa shape index (κ1) is 12.0. The van der Waals surface area contributed by atoms with Crippen LogP contribution >= 0.6 is 0 Å². The summed E-state index contributed by atoms with van der Waals surface area (Å²) in [7, 11) is 0. The van der Waals surface area contributed by atoms with Gasteiger partial charge >= 0.3 is 0 Å². The maximum absolute atomic E-state index is 3.41. The number of hydrogen-bond acceptors (Lipinski definition) is 1. The van der Waals surface area contributed by atoms with E-state index in [1.807, 2.05) is 0 Å². The Morgan fingerprint density at radius 3 is 1.83 bits per heavy atom. The summed E-state index contributed by atoms with van der Waals surface area (Å²) in [5.74, 6) is 0. The third-order valence-electron chi connectivity index (χ3n) is 1.86. The van der Waals surface area contributed by atoms with E-state index in [0.717, 1.165) is 13.1 Å². The molecule has 0 aliphatic heterocycles. The van der Waals surface area contributed by atoms with Gasteiger partial charge in [0.25, 0.3) is 0 Å². The Bertz CT molecular complexity index is 119. The highest BCUT2D eigenvalue weighted by molar-refractivity contribution is 4.77. The van der Waals surface area contributed by atoms with Gasteiger partial charge in [-0.15, -0.1) is 0 Å². The van der Waals surface area contributed by atoms with Crippen LogP contribution in [0.3, 0.4) is 0 Å². The van der Waals surface area contributed by atoms with Crippen LogP contribution in [-0.2, 0) is 0 Å². The van der Waals surface area contributed by atoms with Gasteiger partial charge < -0.3 is 5.32 Å². The molecule has 0 amide bonds. The monoisotopic (exact) mass is 171 g/mol. The van der Waals surface area contributed by atoms with Crippen LogP contribution in [0.5, 0.6) is 0 Å². The Morgan fingerprint density at radius 2 is 1.50 bits per heavy atom. The van der Waals surface area contributed by atoms with Crippen LogP contribution < -0.4 is 5.32 Å². The van der Waals surface area contributed by atoms with Crippen molar-refractivity contribution in [3.8, 4) is 0 Å². The van der Waals surface area contributed by atoms with Gasteiger partial charge in [0.15, 0.2) is 0 Å². The lowest BCUT2D eigenvalue weighted by Gasteiger charge is -2.32. The highest BCUT2D eigenvalue weighted by Gasteiger charge is 2.24. The molecule has 0 aliphatic carbocycles. The predicted octanol–water partition coefficient (Wildman–Crippen LogP) is 3.06. The zero-order valence-corrected chi connectivity index (χ0v) is 9.62. The van der Waals surface area contributed by atoms with Crippen LogP contribution in [0.4, 0.5) is 0 Å². The van der Waals surface area contributed by atoms with Crippen LogP contribution in [0.15, 0.2) is 0 Å². The molecule has 1 N–H and O–H groups in total. The molecule has 12 heavy (non-hydrogen) atoms. The van der Waals surface area contributed by atoms with E-state index in [2.05, 4.69) is 46.9 Å². The SMILES string of the molecule is CCNCC(C)(C)CC(C)(C)C. The molecule has 1 nitrogen and oxygen atoms in total. The molecule has 0 saturated heterocycles. The van der Waals surface area contributed by atoms with E-state index in [9.17, 15) is 0 Å². The van der Waals surface area contributed by atoms with Crippen molar-refractivity contribution in [3.63, 3.8) is 0 Å². The van der Waals surface area contributed by atoms with Gasteiger partial charge in [-0.05, 0) is 23.8 Å². The lowest BCUT2D eigenvalue weighted by atomic mass is 9.76. The minimum atomic E-state index is 0.425. The van der Waals surface area contributed by atoms with Crippen LogP contribution in [0.1, 0.15) is 48.0 Å². The van der Waals surface area contributed by atoms with Gasteiger partial charge in [-0.25, -0.2) is 0 Å². The molecule has 0 aliphatic rings. The highest BCUT2D eigenvalue weighted by Crippen LogP contribution is 2.32. The molecule has 0 radical (unpaired) electrons. The summed E-state index contributed by atoms with van der Waals surface area (Å²) in [5, 5.41) is 3.41. The number of nitrogens with one attached hydrogen (secondary N) is 1. The average molecular weight is 171 g/mol. The molecule has 0 aromatic heterocycles. The van der Waals surface area contributed by atoms with Crippen molar-refractivity contribution in [2.24, 2.45) is 10.8 Å².